The van der Waals surface area contributed by atoms with Gasteiger partial charge >= 0.3 is 0 Å². The molecule has 1 atom stereocenters. The van der Waals surface area contributed by atoms with E-state index in [-0.39, 0.29) is 11.6 Å². The van der Waals surface area contributed by atoms with Gasteiger partial charge in [-0.15, -0.1) is 0 Å². The summed E-state index contributed by atoms with van der Waals surface area (Å²) in [4.78, 5) is 17.5. The van der Waals surface area contributed by atoms with Gasteiger partial charge < -0.3 is 0 Å². The van der Waals surface area contributed by atoms with Gasteiger partial charge in [-0.1, -0.05) is 41.9 Å². The lowest BCUT2D eigenvalue weighted by Gasteiger charge is -2.09. The van der Waals surface area contributed by atoms with Crippen LogP contribution < -0.4 is 5.56 Å². The average Bonchev–Trinajstić information content (AvgIpc) is 2.85. The zero-order valence-corrected chi connectivity index (χ0v) is 13.4. The number of nitrogens with zero attached hydrogens (tertiary/aromatic N) is 2. The molecule has 3 nitrogen and oxygen atoms in total. The first kappa shape index (κ1) is 14.2. The van der Waals surface area contributed by atoms with Crippen molar-refractivity contribution >= 4 is 34.2 Å². The minimum Gasteiger partial charge on any atom is -0.289 e. The first-order valence-corrected chi connectivity index (χ1v) is 7.99. The van der Waals surface area contributed by atoms with Gasteiger partial charge in [0.2, 0.25) is 0 Å². The molecule has 4 rings (SSSR count). The lowest BCUT2D eigenvalue weighted by molar-refractivity contribution is 0.574. The summed E-state index contributed by atoms with van der Waals surface area (Å²) in [6.07, 6.45) is 2.92. The fourth-order valence-electron chi connectivity index (χ4n) is 3.18. The second-order valence-electron chi connectivity index (χ2n) is 5.91. The molecule has 0 fully saturated rings. The molecule has 1 unspecified atom stereocenters. The molecule has 2 aromatic carbocycles. The highest BCUT2D eigenvalue weighted by atomic mass is 35.5. The molecule has 114 valence electrons. The number of hydrogen-bond acceptors (Lipinski definition) is 2. The quantitative estimate of drug-likeness (QED) is 0.658. The summed E-state index contributed by atoms with van der Waals surface area (Å²) in [6.45, 7) is 2.05. The molecule has 0 spiro atoms. The normalized spacial score (nSPS) is 18.5. The predicted octanol–water partition coefficient (Wildman–Crippen LogP) is 4.56. The van der Waals surface area contributed by atoms with Gasteiger partial charge in [-0.25, -0.2) is 4.98 Å². The van der Waals surface area contributed by atoms with Crippen LogP contribution in [-0.4, -0.2) is 9.55 Å². The minimum absolute atomic E-state index is 0.0172. The molecule has 0 amide bonds. The monoisotopic (exact) mass is 322 g/mol. The van der Waals surface area contributed by atoms with Crippen molar-refractivity contribution in [2.45, 2.75) is 19.4 Å². The Kier molecular flexibility index (Phi) is 3.31. The number of benzene rings is 2. The van der Waals surface area contributed by atoms with Crippen LogP contribution in [0.5, 0.6) is 0 Å². The summed E-state index contributed by atoms with van der Waals surface area (Å²) < 4.78 is 1.79. The van der Waals surface area contributed by atoms with E-state index < -0.39 is 0 Å². The van der Waals surface area contributed by atoms with Crippen LogP contribution in [0.1, 0.15) is 30.8 Å². The third-order valence-electron chi connectivity index (χ3n) is 4.25. The zero-order chi connectivity index (χ0) is 16.0. The van der Waals surface area contributed by atoms with Crippen LogP contribution in [-0.2, 0) is 0 Å². The van der Waals surface area contributed by atoms with Crippen molar-refractivity contribution in [3.05, 3.63) is 75.3 Å². The maximum Gasteiger partial charge on any atom is 0.261 e. The van der Waals surface area contributed by atoms with Crippen LogP contribution in [0.15, 0.2) is 53.3 Å². The number of aromatic nitrogens is 2. The highest BCUT2D eigenvalue weighted by Crippen LogP contribution is 2.34. The number of allylic oxidation sites excluding steroid dienone is 1. The summed E-state index contributed by atoms with van der Waals surface area (Å²) in [5, 5.41) is 1.14. The zero-order valence-electron chi connectivity index (χ0n) is 12.7. The van der Waals surface area contributed by atoms with Gasteiger partial charge in [-0.3, -0.25) is 9.36 Å². The number of rotatable bonds is 1. The van der Waals surface area contributed by atoms with E-state index in [1.807, 2.05) is 24.3 Å². The second kappa shape index (κ2) is 5.36. The minimum atomic E-state index is -0.0172. The smallest absolute Gasteiger partial charge is 0.261 e. The van der Waals surface area contributed by atoms with Crippen LogP contribution in [0, 0.1) is 0 Å². The molecule has 2 heterocycles. The molecule has 0 radical (unpaired) electrons. The fraction of sp³-hybridized carbons (Fsp3) is 0.158. The predicted molar refractivity (Wildman–Crippen MR) is 94.7 cm³/mol. The van der Waals surface area contributed by atoms with Crippen molar-refractivity contribution in [3.8, 4) is 0 Å². The van der Waals surface area contributed by atoms with Gasteiger partial charge in [-0.2, -0.15) is 0 Å². The second-order valence-corrected chi connectivity index (χ2v) is 6.34. The summed E-state index contributed by atoms with van der Waals surface area (Å²) in [5.74, 6) is 0.765. The van der Waals surface area contributed by atoms with Gasteiger partial charge in [0.15, 0.2) is 0 Å². The standard InChI is InChI=1S/C19H15ClN2O/c1-12-9-14(10-13-5-3-2-4-6-13)18-21-17-8-7-15(20)11-16(17)19(23)22(12)18/h2-8,10-12H,9H2,1H3/b14-10+. The number of halogens is 1. The van der Waals surface area contributed by atoms with Crippen LogP contribution in [0.4, 0.5) is 0 Å². The molecule has 23 heavy (non-hydrogen) atoms. The van der Waals surface area contributed by atoms with Gasteiger partial charge in [-0.05, 0) is 48.8 Å². The third kappa shape index (κ3) is 2.37. The van der Waals surface area contributed by atoms with E-state index in [0.717, 1.165) is 23.4 Å². The van der Waals surface area contributed by atoms with Crippen LogP contribution in [0.2, 0.25) is 5.02 Å². The molecule has 0 bridgehead atoms. The van der Waals surface area contributed by atoms with E-state index in [1.165, 1.54) is 0 Å². The van der Waals surface area contributed by atoms with Gasteiger partial charge in [0.1, 0.15) is 5.82 Å². The summed E-state index contributed by atoms with van der Waals surface area (Å²) in [6, 6.07) is 15.5. The number of hydrogen-bond donors (Lipinski definition) is 0. The maximum atomic E-state index is 12.8. The first-order valence-electron chi connectivity index (χ1n) is 7.61. The van der Waals surface area contributed by atoms with Crippen molar-refractivity contribution in [2.24, 2.45) is 0 Å². The van der Waals surface area contributed by atoms with E-state index in [0.29, 0.717) is 15.9 Å². The van der Waals surface area contributed by atoms with Gasteiger partial charge in [0.25, 0.3) is 5.56 Å². The molecular weight excluding hydrogens is 308 g/mol. The van der Waals surface area contributed by atoms with Crippen molar-refractivity contribution in [3.63, 3.8) is 0 Å². The highest BCUT2D eigenvalue weighted by Gasteiger charge is 2.26. The Hall–Kier alpha value is -2.39. The Bertz CT molecular complexity index is 989. The Labute approximate surface area is 138 Å². The van der Waals surface area contributed by atoms with Crippen LogP contribution in [0.3, 0.4) is 0 Å². The molecule has 1 aliphatic rings. The molecule has 0 saturated carbocycles. The Morgan fingerprint density at radius 1 is 1.22 bits per heavy atom. The van der Waals surface area contributed by atoms with E-state index in [1.54, 1.807) is 16.7 Å². The maximum absolute atomic E-state index is 12.8. The van der Waals surface area contributed by atoms with Crippen molar-refractivity contribution < 1.29 is 0 Å². The largest absolute Gasteiger partial charge is 0.289 e. The Balaban J connectivity index is 1.96. The van der Waals surface area contributed by atoms with Gasteiger partial charge in [0, 0.05) is 11.1 Å². The lowest BCUT2D eigenvalue weighted by Crippen LogP contribution is -2.23. The number of fused-ring (bicyclic) bond motifs is 2. The molecule has 4 heteroatoms. The lowest BCUT2D eigenvalue weighted by atomic mass is 10.1. The fourth-order valence-corrected chi connectivity index (χ4v) is 3.35. The Morgan fingerprint density at radius 2 is 2.00 bits per heavy atom. The van der Waals surface area contributed by atoms with E-state index in [9.17, 15) is 4.79 Å². The van der Waals surface area contributed by atoms with Crippen molar-refractivity contribution in [1.29, 1.82) is 0 Å². The summed E-state index contributed by atoms with van der Waals surface area (Å²) >= 11 is 6.03. The van der Waals surface area contributed by atoms with E-state index in [2.05, 4.69) is 25.1 Å². The molecule has 3 aromatic rings. The summed E-state index contributed by atoms with van der Waals surface area (Å²) in [7, 11) is 0. The Morgan fingerprint density at radius 3 is 2.78 bits per heavy atom. The topological polar surface area (TPSA) is 34.9 Å². The average molecular weight is 323 g/mol. The molecule has 0 N–H and O–H groups in total. The van der Waals surface area contributed by atoms with E-state index in [4.69, 9.17) is 16.6 Å². The molecular formula is C19H15ClN2O. The van der Waals surface area contributed by atoms with Crippen molar-refractivity contribution in [2.75, 3.05) is 0 Å². The van der Waals surface area contributed by atoms with E-state index >= 15 is 0 Å². The molecule has 1 aliphatic heterocycles. The molecule has 1 aromatic heterocycles. The first-order chi connectivity index (χ1) is 11.1. The SMILES string of the molecule is CC1C/C(=C\c2ccccc2)c2nc3ccc(Cl)cc3c(=O)n21. The van der Waals surface area contributed by atoms with Crippen molar-refractivity contribution in [1.82, 2.24) is 9.55 Å². The molecule has 0 saturated heterocycles. The van der Waals surface area contributed by atoms with Gasteiger partial charge in [0.05, 0.1) is 10.9 Å². The van der Waals surface area contributed by atoms with Crippen LogP contribution >= 0.6 is 11.6 Å². The third-order valence-corrected chi connectivity index (χ3v) is 4.48. The molecule has 0 aliphatic carbocycles. The van der Waals surface area contributed by atoms with Crippen LogP contribution in [0.25, 0.3) is 22.6 Å². The summed E-state index contributed by atoms with van der Waals surface area (Å²) in [5.41, 5.74) is 2.89. The highest BCUT2D eigenvalue weighted by molar-refractivity contribution is 6.31.